The molecule has 1 aromatic rings. The van der Waals surface area contributed by atoms with Gasteiger partial charge in [-0.15, -0.1) is 0 Å². The summed E-state index contributed by atoms with van der Waals surface area (Å²) < 4.78 is 33.0. The van der Waals surface area contributed by atoms with E-state index in [1.165, 1.54) is 18.2 Å². The van der Waals surface area contributed by atoms with Gasteiger partial charge in [-0.05, 0) is 45.7 Å². The quantitative estimate of drug-likeness (QED) is 0.905. The summed E-state index contributed by atoms with van der Waals surface area (Å²) in [6.07, 6.45) is 1.71. The first kappa shape index (κ1) is 14.4. The zero-order valence-electron chi connectivity index (χ0n) is 11.7. The summed E-state index contributed by atoms with van der Waals surface area (Å²) in [6, 6.07) is 3.85. The molecule has 4 heteroatoms. The third kappa shape index (κ3) is 3.51. The Morgan fingerprint density at radius 3 is 2.53 bits per heavy atom. The Balaban J connectivity index is 2.07. The Labute approximate surface area is 113 Å². The largest absolute Gasteiger partial charge is 0.375 e. The zero-order valence-corrected chi connectivity index (χ0v) is 11.7. The SMILES string of the molecule is CC(NC1CCOC(C)(C)C1)c1c(F)cccc1F. The summed E-state index contributed by atoms with van der Waals surface area (Å²) in [4.78, 5) is 0. The van der Waals surface area contributed by atoms with Gasteiger partial charge in [0.25, 0.3) is 0 Å². The minimum atomic E-state index is -0.494. The van der Waals surface area contributed by atoms with Gasteiger partial charge >= 0.3 is 0 Å². The summed E-state index contributed by atoms with van der Waals surface area (Å²) in [6.45, 7) is 6.55. The van der Waals surface area contributed by atoms with Crippen LogP contribution >= 0.6 is 0 Å². The molecule has 0 saturated carbocycles. The van der Waals surface area contributed by atoms with Gasteiger partial charge in [0.05, 0.1) is 5.60 Å². The fourth-order valence-electron chi connectivity index (χ4n) is 2.74. The van der Waals surface area contributed by atoms with Crippen LogP contribution in [0, 0.1) is 11.6 Å². The first-order valence-corrected chi connectivity index (χ1v) is 6.73. The lowest BCUT2D eigenvalue weighted by Gasteiger charge is -2.37. The second-order valence-corrected chi connectivity index (χ2v) is 5.82. The summed E-state index contributed by atoms with van der Waals surface area (Å²) in [5, 5.41) is 3.31. The number of nitrogens with one attached hydrogen (secondary N) is 1. The average molecular weight is 269 g/mol. The van der Waals surface area contributed by atoms with Gasteiger partial charge in [0.1, 0.15) is 11.6 Å². The molecule has 1 heterocycles. The molecule has 2 unspecified atom stereocenters. The molecular weight excluding hydrogens is 248 g/mol. The Kier molecular flexibility index (Phi) is 4.21. The Morgan fingerprint density at radius 1 is 1.32 bits per heavy atom. The van der Waals surface area contributed by atoms with Crippen LogP contribution in [-0.2, 0) is 4.74 Å². The van der Waals surface area contributed by atoms with E-state index in [4.69, 9.17) is 4.74 Å². The van der Waals surface area contributed by atoms with Crippen molar-refractivity contribution in [2.45, 2.75) is 51.3 Å². The van der Waals surface area contributed by atoms with E-state index in [0.717, 1.165) is 12.8 Å². The van der Waals surface area contributed by atoms with Crippen LogP contribution in [0.2, 0.25) is 0 Å². The third-order valence-electron chi connectivity index (χ3n) is 3.62. The normalized spacial score (nSPS) is 24.2. The van der Waals surface area contributed by atoms with Gasteiger partial charge in [0.15, 0.2) is 0 Å². The fraction of sp³-hybridized carbons (Fsp3) is 0.600. The highest BCUT2D eigenvalue weighted by Crippen LogP contribution is 2.27. The van der Waals surface area contributed by atoms with Gasteiger partial charge in [-0.1, -0.05) is 6.07 Å². The molecule has 0 amide bonds. The molecule has 0 radical (unpaired) electrons. The average Bonchev–Trinajstić information content (AvgIpc) is 2.27. The monoisotopic (exact) mass is 269 g/mol. The highest BCUT2D eigenvalue weighted by Gasteiger charge is 2.30. The minimum absolute atomic E-state index is 0.117. The molecule has 106 valence electrons. The van der Waals surface area contributed by atoms with Crippen LogP contribution < -0.4 is 5.32 Å². The molecule has 0 bridgehead atoms. The molecule has 0 spiro atoms. The van der Waals surface area contributed by atoms with Gasteiger partial charge in [0, 0.05) is 24.3 Å². The number of rotatable bonds is 3. The Morgan fingerprint density at radius 2 is 1.95 bits per heavy atom. The van der Waals surface area contributed by atoms with Crippen molar-refractivity contribution < 1.29 is 13.5 Å². The standard InChI is InChI=1S/C15H21F2NO/c1-10(14-12(16)5-4-6-13(14)17)18-11-7-8-19-15(2,3)9-11/h4-6,10-11,18H,7-9H2,1-3H3. The predicted molar refractivity (Wildman–Crippen MR) is 71.0 cm³/mol. The Bertz CT molecular complexity index is 428. The molecule has 2 atom stereocenters. The second-order valence-electron chi connectivity index (χ2n) is 5.82. The lowest BCUT2D eigenvalue weighted by Crippen LogP contribution is -2.44. The van der Waals surface area contributed by atoms with Crippen molar-refractivity contribution >= 4 is 0 Å². The molecule has 1 N–H and O–H groups in total. The molecule has 0 aromatic heterocycles. The van der Waals surface area contributed by atoms with Crippen LogP contribution in [0.1, 0.15) is 45.2 Å². The topological polar surface area (TPSA) is 21.3 Å². The maximum atomic E-state index is 13.7. The van der Waals surface area contributed by atoms with E-state index in [2.05, 4.69) is 5.32 Å². The maximum absolute atomic E-state index is 13.7. The molecule has 1 aliphatic heterocycles. The van der Waals surface area contributed by atoms with E-state index >= 15 is 0 Å². The molecule has 1 aromatic carbocycles. The van der Waals surface area contributed by atoms with E-state index in [9.17, 15) is 8.78 Å². The first-order valence-electron chi connectivity index (χ1n) is 6.73. The number of hydrogen-bond donors (Lipinski definition) is 1. The lowest BCUT2D eigenvalue weighted by molar-refractivity contribution is -0.0640. The Hall–Kier alpha value is -1.00. The van der Waals surface area contributed by atoms with Crippen LogP contribution in [-0.4, -0.2) is 18.2 Å². The number of ether oxygens (including phenoxy) is 1. The molecule has 19 heavy (non-hydrogen) atoms. The van der Waals surface area contributed by atoms with Gasteiger partial charge in [-0.3, -0.25) is 0 Å². The van der Waals surface area contributed by atoms with E-state index < -0.39 is 11.6 Å². The fourth-order valence-corrected chi connectivity index (χ4v) is 2.74. The number of benzene rings is 1. The minimum Gasteiger partial charge on any atom is -0.375 e. The molecule has 1 fully saturated rings. The van der Waals surface area contributed by atoms with Gasteiger partial charge in [-0.2, -0.15) is 0 Å². The highest BCUT2D eigenvalue weighted by atomic mass is 19.1. The zero-order chi connectivity index (χ0) is 14.0. The number of halogens is 2. The van der Waals surface area contributed by atoms with Gasteiger partial charge < -0.3 is 10.1 Å². The van der Waals surface area contributed by atoms with E-state index in [1.807, 2.05) is 13.8 Å². The van der Waals surface area contributed by atoms with Crippen molar-refractivity contribution in [3.8, 4) is 0 Å². The van der Waals surface area contributed by atoms with Crippen molar-refractivity contribution in [3.63, 3.8) is 0 Å². The summed E-state index contributed by atoms with van der Waals surface area (Å²) in [5.41, 5.74) is -0.0598. The van der Waals surface area contributed by atoms with Crippen molar-refractivity contribution in [1.29, 1.82) is 0 Å². The van der Waals surface area contributed by atoms with Crippen LogP contribution in [0.3, 0.4) is 0 Å². The van der Waals surface area contributed by atoms with E-state index in [-0.39, 0.29) is 23.2 Å². The van der Waals surface area contributed by atoms with Crippen molar-refractivity contribution in [2.75, 3.05) is 6.61 Å². The molecular formula is C15H21F2NO. The lowest BCUT2D eigenvalue weighted by atomic mass is 9.93. The highest BCUT2D eigenvalue weighted by molar-refractivity contribution is 5.23. The van der Waals surface area contributed by atoms with Gasteiger partial charge in [-0.25, -0.2) is 8.78 Å². The predicted octanol–water partition coefficient (Wildman–Crippen LogP) is 3.57. The van der Waals surface area contributed by atoms with E-state index in [0.29, 0.717) is 6.61 Å². The summed E-state index contributed by atoms with van der Waals surface area (Å²) >= 11 is 0. The summed E-state index contributed by atoms with van der Waals surface area (Å²) in [5.74, 6) is -0.988. The van der Waals surface area contributed by atoms with Crippen LogP contribution in [0.25, 0.3) is 0 Å². The van der Waals surface area contributed by atoms with Crippen LogP contribution in [0.15, 0.2) is 18.2 Å². The van der Waals surface area contributed by atoms with Crippen LogP contribution in [0.4, 0.5) is 8.78 Å². The second kappa shape index (κ2) is 5.55. The van der Waals surface area contributed by atoms with Crippen LogP contribution in [0.5, 0.6) is 0 Å². The first-order chi connectivity index (χ1) is 8.89. The maximum Gasteiger partial charge on any atom is 0.130 e. The molecule has 0 aliphatic carbocycles. The summed E-state index contributed by atoms with van der Waals surface area (Å²) in [7, 11) is 0. The van der Waals surface area contributed by atoms with Gasteiger partial charge in [0.2, 0.25) is 0 Å². The third-order valence-corrected chi connectivity index (χ3v) is 3.62. The van der Waals surface area contributed by atoms with Crippen molar-refractivity contribution in [3.05, 3.63) is 35.4 Å². The van der Waals surface area contributed by atoms with E-state index in [1.54, 1.807) is 6.92 Å². The molecule has 2 rings (SSSR count). The molecule has 1 saturated heterocycles. The molecule has 1 aliphatic rings. The molecule has 2 nitrogen and oxygen atoms in total. The van der Waals surface area contributed by atoms with Crippen molar-refractivity contribution in [2.24, 2.45) is 0 Å². The smallest absolute Gasteiger partial charge is 0.130 e. The number of hydrogen-bond acceptors (Lipinski definition) is 2. The van der Waals surface area contributed by atoms with Crippen molar-refractivity contribution in [1.82, 2.24) is 5.32 Å².